The van der Waals surface area contributed by atoms with Crippen molar-refractivity contribution in [2.45, 2.75) is 25.4 Å². The maximum Gasteiger partial charge on any atom is 0.280 e. The third-order valence-corrected chi connectivity index (χ3v) is 6.53. The molecule has 0 bridgehead atoms. The second kappa shape index (κ2) is 7.10. The number of nitrogens with one attached hydrogen (secondary N) is 2. The highest BCUT2D eigenvalue weighted by atomic mass is 79.9. The third kappa shape index (κ3) is 3.83. The quantitative estimate of drug-likeness (QED) is 0.757. The Morgan fingerprint density at radius 3 is 2.54 bits per heavy atom. The van der Waals surface area contributed by atoms with Crippen LogP contribution in [0.15, 0.2) is 34.9 Å². The highest BCUT2D eigenvalue weighted by Crippen LogP contribution is 2.29. The van der Waals surface area contributed by atoms with Crippen molar-refractivity contribution >= 4 is 37.7 Å². The standard InChI is InChI=1S/C16H20BrN5O3S/c1-10-13(9-21(2)19-10)14-8-15(22(3)26(24,25)20-14)16(23)18-12-6-4-11(17)5-7-12/h4-7,9,14-15,20H,8H2,1-3H3,(H,18,23)/t14-,15+/m0/s1. The van der Waals surface area contributed by atoms with Crippen molar-refractivity contribution < 1.29 is 13.2 Å². The molecule has 3 rings (SSSR count). The molecule has 0 radical (unpaired) electrons. The number of aromatic nitrogens is 2. The zero-order chi connectivity index (χ0) is 19.1. The summed E-state index contributed by atoms with van der Waals surface area (Å²) in [5.74, 6) is -0.369. The van der Waals surface area contributed by atoms with Gasteiger partial charge in [0.1, 0.15) is 6.04 Å². The first kappa shape index (κ1) is 19.0. The van der Waals surface area contributed by atoms with E-state index in [4.69, 9.17) is 0 Å². The molecule has 0 unspecified atom stereocenters. The van der Waals surface area contributed by atoms with Gasteiger partial charge in [0.2, 0.25) is 5.91 Å². The van der Waals surface area contributed by atoms with Gasteiger partial charge < -0.3 is 5.32 Å². The van der Waals surface area contributed by atoms with Gasteiger partial charge in [0.15, 0.2) is 0 Å². The van der Waals surface area contributed by atoms with E-state index < -0.39 is 22.3 Å². The Morgan fingerprint density at radius 1 is 1.31 bits per heavy atom. The zero-order valence-corrected chi connectivity index (χ0v) is 17.0. The van der Waals surface area contributed by atoms with E-state index in [-0.39, 0.29) is 5.91 Å². The van der Waals surface area contributed by atoms with Crippen LogP contribution in [0.25, 0.3) is 0 Å². The molecular formula is C16H20BrN5O3S. The van der Waals surface area contributed by atoms with Crippen LogP contribution < -0.4 is 10.0 Å². The lowest BCUT2D eigenvalue weighted by molar-refractivity contribution is -0.120. The van der Waals surface area contributed by atoms with Crippen molar-refractivity contribution in [1.29, 1.82) is 0 Å². The fourth-order valence-electron chi connectivity index (χ4n) is 3.03. The van der Waals surface area contributed by atoms with Gasteiger partial charge in [0, 0.05) is 36.0 Å². The average Bonchev–Trinajstić information content (AvgIpc) is 2.90. The average molecular weight is 442 g/mol. The summed E-state index contributed by atoms with van der Waals surface area (Å²) < 4.78 is 31.2. The van der Waals surface area contributed by atoms with Crippen molar-refractivity contribution in [3.63, 3.8) is 0 Å². The number of halogens is 1. The van der Waals surface area contributed by atoms with Crippen LogP contribution in [0.5, 0.6) is 0 Å². The van der Waals surface area contributed by atoms with Gasteiger partial charge in [-0.1, -0.05) is 15.9 Å². The zero-order valence-electron chi connectivity index (χ0n) is 14.6. The topological polar surface area (TPSA) is 96.3 Å². The summed E-state index contributed by atoms with van der Waals surface area (Å²) in [4.78, 5) is 12.7. The van der Waals surface area contributed by atoms with Gasteiger partial charge >= 0.3 is 0 Å². The first-order valence-corrected chi connectivity index (χ1v) is 10.2. The highest BCUT2D eigenvalue weighted by Gasteiger charge is 2.41. The van der Waals surface area contributed by atoms with Crippen LogP contribution in [0.1, 0.15) is 23.7 Å². The molecule has 1 aliphatic heterocycles. The van der Waals surface area contributed by atoms with Gasteiger partial charge in [0.05, 0.1) is 11.7 Å². The lowest BCUT2D eigenvalue weighted by atomic mass is 10.00. The van der Waals surface area contributed by atoms with Gasteiger partial charge in [-0.25, -0.2) is 0 Å². The maximum absolute atomic E-state index is 12.7. The highest BCUT2D eigenvalue weighted by molar-refractivity contribution is 9.10. The van der Waals surface area contributed by atoms with E-state index in [1.807, 2.05) is 6.92 Å². The minimum atomic E-state index is -3.78. The number of benzene rings is 1. The molecule has 1 amide bonds. The fraction of sp³-hybridized carbons (Fsp3) is 0.375. The lowest BCUT2D eigenvalue weighted by Crippen LogP contribution is -2.56. The monoisotopic (exact) mass is 441 g/mol. The summed E-state index contributed by atoms with van der Waals surface area (Å²) >= 11 is 3.34. The smallest absolute Gasteiger partial charge is 0.280 e. The van der Waals surface area contributed by atoms with E-state index in [0.29, 0.717) is 12.1 Å². The van der Waals surface area contributed by atoms with Gasteiger partial charge in [0.25, 0.3) is 10.2 Å². The molecule has 1 aliphatic rings. The number of nitrogens with zero attached hydrogens (tertiary/aromatic N) is 3. The van der Waals surface area contributed by atoms with Gasteiger partial charge in [-0.05, 0) is 37.6 Å². The molecule has 2 heterocycles. The molecule has 140 valence electrons. The van der Waals surface area contributed by atoms with Crippen molar-refractivity contribution in [1.82, 2.24) is 18.8 Å². The van der Waals surface area contributed by atoms with Crippen LogP contribution in [0.2, 0.25) is 0 Å². The van der Waals surface area contributed by atoms with Crippen molar-refractivity contribution in [3.8, 4) is 0 Å². The number of hydrogen-bond donors (Lipinski definition) is 2. The summed E-state index contributed by atoms with van der Waals surface area (Å²) in [5, 5.41) is 7.05. The molecule has 10 heteroatoms. The summed E-state index contributed by atoms with van der Waals surface area (Å²) in [6.45, 7) is 1.82. The molecule has 26 heavy (non-hydrogen) atoms. The third-order valence-electron chi connectivity index (χ3n) is 4.41. The van der Waals surface area contributed by atoms with Crippen LogP contribution in [0, 0.1) is 6.92 Å². The van der Waals surface area contributed by atoms with Gasteiger partial charge in [-0.15, -0.1) is 0 Å². The minimum Gasteiger partial charge on any atom is -0.325 e. The Labute approximate surface area is 160 Å². The Bertz CT molecular complexity index is 926. The summed E-state index contributed by atoms with van der Waals surface area (Å²) in [6, 6.07) is 5.78. The summed E-state index contributed by atoms with van der Waals surface area (Å²) in [6.07, 6.45) is 2.09. The van der Waals surface area contributed by atoms with Crippen LogP contribution >= 0.6 is 15.9 Å². The Hall–Kier alpha value is -1.75. The molecule has 0 saturated carbocycles. The molecule has 0 aliphatic carbocycles. The van der Waals surface area contributed by atoms with Crippen molar-refractivity contribution in [2.24, 2.45) is 7.05 Å². The van der Waals surface area contributed by atoms with E-state index in [0.717, 1.165) is 20.0 Å². The van der Waals surface area contributed by atoms with Gasteiger partial charge in [-0.2, -0.15) is 22.5 Å². The number of likely N-dealkylation sites (N-methyl/N-ethyl adjacent to an activating group) is 1. The molecular weight excluding hydrogens is 422 g/mol. The van der Waals surface area contributed by atoms with E-state index in [1.54, 1.807) is 42.2 Å². The molecule has 0 spiro atoms. The molecule has 1 aromatic carbocycles. The fourth-order valence-corrected chi connectivity index (χ4v) is 4.56. The van der Waals surface area contributed by atoms with E-state index >= 15 is 0 Å². The summed E-state index contributed by atoms with van der Waals surface area (Å²) in [5.41, 5.74) is 2.11. The second-order valence-corrected chi connectivity index (χ2v) is 8.96. The van der Waals surface area contributed by atoms with Crippen LogP contribution in [-0.4, -0.2) is 41.5 Å². The Morgan fingerprint density at radius 2 is 1.96 bits per heavy atom. The first-order valence-electron chi connectivity index (χ1n) is 7.99. The Kier molecular flexibility index (Phi) is 5.20. The minimum absolute atomic E-state index is 0.310. The predicted octanol–water partition coefficient (Wildman–Crippen LogP) is 1.71. The van der Waals surface area contributed by atoms with E-state index in [2.05, 4.69) is 31.1 Å². The van der Waals surface area contributed by atoms with E-state index in [9.17, 15) is 13.2 Å². The van der Waals surface area contributed by atoms with E-state index in [1.165, 1.54) is 7.05 Å². The lowest BCUT2D eigenvalue weighted by Gasteiger charge is -2.36. The molecule has 2 atom stereocenters. The van der Waals surface area contributed by atoms with Crippen molar-refractivity contribution in [2.75, 3.05) is 12.4 Å². The van der Waals surface area contributed by atoms with Crippen LogP contribution in [-0.2, 0) is 22.1 Å². The summed E-state index contributed by atoms with van der Waals surface area (Å²) in [7, 11) is -0.603. The molecule has 1 aromatic heterocycles. The first-order chi connectivity index (χ1) is 12.2. The number of rotatable bonds is 3. The molecule has 2 aromatic rings. The number of anilines is 1. The van der Waals surface area contributed by atoms with Gasteiger partial charge in [-0.3, -0.25) is 9.48 Å². The Balaban J connectivity index is 1.85. The van der Waals surface area contributed by atoms with Crippen molar-refractivity contribution in [3.05, 3.63) is 46.2 Å². The predicted molar refractivity (Wildman–Crippen MR) is 102 cm³/mol. The number of aryl methyl sites for hydroxylation is 2. The largest absolute Gasteiger partial charge is 0.325 e. The normalized spacial score (nSPS) is 22.9. The molecule has 1 fully saturated rings. The van der Waals surface area contributed by atoms with Crippen LogP contribution in [0.3, 0.4) is 0 Å². The number of carbonyl (C=O) groups is 1. The molecule has 8 nitrogen and oxygen atoms in total. The number of amides is 1. The molecule has 1 saturated heterocycles. The number of hydrogen-bond acceptors (Lipinski definition) is 4. The number of carbonyl (C=O) groups excluding carboxylic acids is 1. The molecule has 2 N–H and O–H groups in total. The maximum atomic E-state index is 12.7. The second-order valence-electron chi connectivity index (χ2n) is 6.28. The SMILES string of the molecule is Cc1nn(C)cc1[C@@H]1C[C@H](C(=O)Nc2ccc(Br)cc2)N(C)S(=O)(=O)N1. The van der Waals surface area contributed by atoms with Crippen LogP contribution in [0.4, 0.5) is 5.69 Å².